The van der Waals surface area contributed by atoms with E-state index >= 15 is 0 Å². The van der Waals surface area contributed by atoms with Crippen LogP contribution in [-0.4, -0.2) is 0 Å². The summed E-state index contributed by atoms with van der Waals surface area (Å²) in [6.07, 6.45) is 0. The molecule has 0 aromatic heterocycles. The standard InChI is InChI=1S/C20H21.2ClH.Zr/c1-13(2)17-11-16-6-5-7-19(20(16)12-17)18-9-8-14(3)10-15(18)4;;;/h5-13H,1-4H3;2*1H;/q-1;;;+3/p-2. The van der Waals surface area contributed by atoms with E-state index in [-0.39, 0.29) is 51.0 Å². The summed E-state index contributed by atoms with van der Waals surface area (Å²) in [5, 5.41) is 2.73. The Balaban J connectivity index is 0.00000161. The molecule has 3 rings (SSSR count). The van der Waals surface area contributed by atoms with Gasteiger partial charge in [-0.3, -0.25) is 0 Å². The summed E-state index contributed by atoms with van der Waals surface area (Å²) in [4.78, 5) is 0. The summed E-state index contributed by atoms with van der Waals surface area (Å²) in [5.74, 6) is 0.578. The van der Waals surface area contributed by atoms with Crippen molar-refractivity contribution in [2.24, 2.45) is 0 Å². The van der Waals surface area contributed by atoms with Crippen LogP contribution in [0.25, 0.3) is 21.9 Å². The molecule has 3 aromatic rings. The van der Waals surface area contributed by atoms with Crippen LogP contribution >= 0.6 is 0 Å². The zero-order valence-electron chi connectivity index (χ0n) is 14.0. The molecule has 0 aliphatic carbocycles. The monoisotopic (exact) mass is 421 g/mol. The van der Waals surface area contributed by atoms with E-state index in [9.17, 15) is 0 Å². The first-order valence-electron chi connectivity index (χ1n) is 7.33. The maximum absolute atomic E-state index is 2.36. The fourth-order valence-corrected chi connectivity index (χ4v) is 2.94. The average Bonchev–Trinajstić information content (AvgIpc) is 2.83. The fourth-order valence-electron chi connectivity index (χ4n) is 2.94. The molecule has 3 aromatic carbocycles. The van der Waals surface area contributed by atoms with Crippen molar-refractivity contribution in [3.8, 4) is 11.1 Å². The number of fused-ring (bicyclic) bond motifs is 1. The predicted molar refractivity (Wildman–Crippen MR) is 88.5 cm³/mol. The maximum Gasteiger partial charge on any atom is 3.00 e. The molecular weight excluding hydrogens is 402 g/mol. The number of benzene rings is 2. The Morgan fingerprint density at radius 3 is 2.17 bits per heavy atom. The Bertz CT molecular complexity index is 772. The third kappa shape index (κ3) is 4.53. The Labute approximate surface area is 171 Å². The van der Waals surface area contributed by atoms with Crippen LogP contribution in [0.2, 0.25) is 0 Å². The molecule has 0 bridgehead atoms. The van der Waals surface area contributed by atoms with Crippen molar-refractivity contribution in [1.82, 2.24) is 0 Å². The smallest absolute Gasteiger partial charge is 1.00 e. The van der Waals surface area contributed by atoms with Crippen LogP contribution in [0.3, 0.4) is 0 Å². The number of aryl methyl sites for hydroxylation is 2. The zero-order chi connectivity index (χ0) is 14.3. The third-order valence-corrected chi connectivity index (χ3v) is 4.11. The van der Waals surface area contributed by atoms with E-state index in [1.807, 2.05) is 0 Å². The fraction of sp³-hybridized carbons (Fsp3) is 0.250. The van der Waals surface area contributed by atoms with Gasteiger partial charge in [-0.1, -0.05) is 49.2 Å². The Hall–Kier alpha value is -0.487. The van der Waals surface area contributed by atoms with Gasteiger partial charge in [0.2, 0.25) is 0 Å². The first-order valence-corrected chi connectivity index (χ1v) is 7.33. The number of hydrogen-bond acceptors (Lipinski definition) is 0. The van der Waals surface area contributed by atoms with Gasteiger partial charge in [-0.05, 0) is 30.9 Å². The summed E-state index contributed by atoms with van der Waals surface area (Å²) in [6.45, 7) is 8.86. The van der Waals surface area contributed by atoms with Crippen LogP contribution in [0.5, 0.6) is 0 Å². The largest absolute Gasteiger partial charge is 3.00 e. The van der Waals surface area contributed by atoms with Gasteiger partial charge in [0.15, 0.2) is 0 Å². The van der Waals surface area contributed by atoms with Crippen molar-refractivity contribution in [3.63, 3.8) is 0 Å². The van der Waals surface area contributed by atoms with Crippen LogP contribution in [0, 0.1) is 13.8 Å². The molecule has 0 spiro atoms. The quantitative estimate of drug-likeness (QED) is 0.508. The predicted octanol–water partition coefficient (Wildman–Crippen LogP) is -0.0286. The molecule has 119 valence electrons. The van der Waals surface area contributed by atoms with Gasteiger partial charge < -0.3 is 24.8 Å². The van der Waals surface area contributed by atoms with E-state index in [0.29, 0.717) is 5.92 Å². The van der Waals surface area contributed by atoms with Crippen molar-refractivity contribution in [2.75, 3.05) is 0 Å². The number of rotatable bonds is 2. The molecule has 0 atom stereocenters. The molecule has 23 heavy (non-hydrogen) atoms. The van der Waals surface area contributed by atoms with E-state index in [4.69, 9.17) is 0 Å². The minimum atomic E-state index is 0. The van der Waals surface area contributed by atoms with E-state index in [0.717, 1.165) is 0 Å². The number of halogens is 2. The third-order valence-electron chi connectivity index (χ3n) is 4.11. The van der Waals surface area contributed by atoms with Crippen molar-refractivity contribution in [1.29, 1.82) is 0 Å². The summed E-state index contributed by atoms with van der Waals surface area (Å²) in [6, 6.07) is 18.0. The molecule has 0 N–H and O–H groups in total. The summed E-state index contributed by atoms with van der Waals surface area (Å²) >= 11 is 0. The summed E-state index contributed by atoms with van der Waals surface area (Å²) < 4.78 is 0. The van der Waals surface area contributed by atoms with Gasteiger partial charge in [-0.15, -0.1) is 34.5 Å². The van der Waals surface area contributed by atoms with Gasteiger partial charge in [0.1, 0.15) is 0 Å². The van der Waals surface area contributed by atoms with Crippen molar-refractivity contribution < 1.29 is 51.0 Å². The van der Waals surface area contributed by atoms with Gasteiger partial charge in [-0.2, -0.15) is 6.07 Å². The van der Waals surface area contributed by atoms with Crippen LogP contribution in [0.4, 0.5) is 0 Å². The average molecular weight is 424 g/mol. The Morgan fingerprint density at radius 1 is 0.870 bits per heavy atom. The molecule has 0 nitrogen and oxygen atoms in total. The van der Waals surface area contributed by atoms with Crippen LogP contribution in [-0.2, 0) is 26.2 Å². The Kier molecular flexibility index (Phi) is 8.92. The molecule has 0 saturated heterocycles. The van der Waals surface area contributed by atoms with Crippen LogP contribution < -0.4 is 24.8 Å². The van der Waals surface area contributed by atoms with Crippen molar-refractivity contribution >= 4 is 10.8 Å². The minimum absolute atomic E-state index is 0. The SMILES string of the molecule is Cc1ccc(-c2cccc3[cH-]c(C(C)C)cc23)c(C)c1.[Cl-].[Cl-].[Zr+3]. The second-order valence-electron chi connectivity index (χ2n) is 6.07. The molecular formula is C20H21Cl2Zr. The van der Waals surface area contributed by atoms with Crippen LogP contribution in [0.15, 0.2) is 48.5 Å². The maximum atomic E-state index is 2.36. The second-order valence-corrected chi connectivity index (χ2v) is 6.07. The zero-order valence-corrected chi connectivity index (χ0v) is 17.9. The van der Waals surface area contributed by atoms with Gasteiger partial charge in [0.25, 0.3) is 0 Å². The molecule has 1 radical (unpaired) electrons. The molecule has 0 heterocycles. The molecule has 3 heteroatoms. The number of hydrogen-bond donors (Lipinski definition) is 0. The van der Waals surface area contributed by atoms with Gasteiger partial charge in [0.05, 0.1) is 0 Å². The molecule has 0 unspecified atom stereocenters. The van der Waals surface area contributed by atoms with E-state index in [1.165, 1.54) is 38.6 Å². The molecule has 0 fully saturated rings. The van der Waals surface area contributed by atoms with Gasteiger partial charge >= 0.3 is 26.2 Å². The van der Waals surface area contributed by atoms with E-state index < -0.39 is 0 Å². The molecule has 0 amide bonds. The molecule has 0 saturated carbocycles. The summed E-state index contributed by atoms with van der Waals surface area (Å²) in [7, 11) is 0. The summed E-state index contributed by atoms with van der Waals surface area (Å²) in [5.41, 5.74) is 6.81. The van der Waals surface area contributed by atoms with E-state index in [1.54, 1.807) is 0 Å². The van der Waals surface area contributed by atoms with Crippen molar-refractivity contribution in [3.05, 3.63) is 65.2 Å². The van der Waals surface area contributed by atoms with Gasteiger partial charge in [-0.25, -0.2) is 0 Å². The molecule has 0 aliphatic rings. The normalized spacial score (nSPS) is 9.96. The van der Waals surface area contributed by atoms with Gasteiger partial charge in [0, 0.05) is 0 Å². The minimum Gasteiger partial charge on any atom is -1.00 e. The Morgan fingerprint density at radius 2 is 1.57 bits per heavy atom. The first-order chi connectivity index (χ1) is 9.56. The van der Waals surface area contributed by atoms with Crippen molar-refractivity contribution in [2.45, 2.75) is 33.6 Å². The first kappa shape index (κ1) is 22.5. The topological polar surface area (TPSA) is 0 Å². The molecule has 0 aliphatic heterocycles. The van der Waals surface area contributed by atoms with Crippen LogP contribution in [0.1, 0.15) is 36.5 Å². The second kappa shape index (κ2) is 9.12. The van der Waals surface area contributed by atoms with E-state index in [2.05, 4.69) is 76.2 Å².